The van der Waals surface area contributed by atoms with E-state index in [2.05, 4.69) is 54.0 Å². The Morgan fingerprint density at radius 3 is 2.67 bits per heavy atom. The lowest BCUT2D eigenvalue weighted by Crippen LogP contribution is -2.34. The Labute approximate surface area is 295 Å². The van der Waals surface area contributed by atoms with Crippen molar-refractivity contribution in [3.05, 3.63) is 69.2 Å². The number of aromatic hydroxyl groups is 1. The number of hydroxylamine groups is 1. The lowest BCUT2D eigenvalue weighted by Gasteiger charge is -2.31. The molecular weight excluding hydrogens is 692 g/mol. The number of ether oxygens (including phenoxy) is 2. The number of unbranched alkanes of at least 4 members (excludes halogenated alkanes) is 5. The van der Waals surface area contributed by atoms with Crippen LogP contribution in [0.5, 0.6) is 17.2 Å². The molecule has 5 rings (SSSR count). The van der Waals surface area contributed by atoms with Gasteiger partial charge in [0.05, 0.1) is 36.7 Å². The van der Waals surface area contributed by atoms with Crippen LogP contribution >= 0.6 is 27.7 Å². The summed E-state index contributed by atoms with van der Waals surface area (Å²) in [5, 5.41) is 19.4. The molecular formula is C37H45BrN4O5S. The molecule has 3 aromatic carbocycles. The molecule has 0 fully saturated rings. The fourth-order valence-corrected chi connectivity index (χ4v) is 7.45. The van der Waals surface area contributed by atoms with Gasteiger partial charge in [-0.15, -0.1) is 11.8 Å². The fraction of sp³-hybridized carbons (Fsp3) is 0.432. The minimum atomic E-state index is -0.342. The molecule has 0 spiro atoms. The number of amides is 1. The largest absolute Gasteiger partial charge is 0.504 e. The van der Waals surface area contributed by atoms with Crippen molar-refractivity contribution < 1.29 is 24.6 Å². The molecule has 2 heterocycles. The predicted molar refractivity (Wildman–Crippen MR) is 196 cm³/mol. The molecule has 3 aromatic rings. The number of halogens is 1. The van der Waals surface area contributed by atoms with Crippen molar-refractivity contribution in [2.75, 3.05) is 19.0 Å². The van der Waals surface area contributed by atoms with E-state index in [0.717, 1.165) is 101 Å². The molecule has 0 aliphatic carbocycles. The predicted octanol–water partition coefficient (Wildman–Crippen LogP) is 9.16. The van der Waals surface area contributed by atoms with Crippen LogP contribution in [0.1, 0.15) is 87.0 Å². The molecule has 0 unspecified atom stereocenters. The SMILES string of the molecule is CCCCCOc1c(O)ccc2c1N=C1c3cc(SCCCCCCC(=O)NO)c(OCCCc4ccc(C)cc4Br)cc3N=CN1C2. The van der Waals surface area contributed by atoms with E-state index in [1.54, 1.807) is 23.3 Å². The number of phenols is 1. The van der Waals surface area contributed by atoms with Gasteiger partial charge in [-0.2, -0.15) is 0 Å². The number of hydrogen-bond acceptors (Lipinski definition) is 9. The number of hydrogen-bond donors (Lipinski definition) is 3. The Morgan fingerprint density at radius 1 is 1.02 bits per heavy atom. The average molecular weight is 738 g/mol. The molecule has 2 aliphatic heterocycles. The summed E-state index contributed by atoms with van der Waals surface area (Å²) in [5.41, 5.74) is 7.54. The molecule has 0 saturated heterocycles. The third-order valence-corrected chi connectivity index (χ3v) is 10.3. The maximum absolute atomic E-state index is 11.3. The number of fused-ring (bicyclic) bond motifs is 4. The number of thioether (sulfide) groups is 1. The third-order valence-electron chi connectivity index (χ3n) is 8.40. The van der Waals surface area contributed by atoms with E-state index in [1.165, 1.54) is 11.1 Å². The highest BCUT2D eigenvalue weighted by atomic mass is 79.9. The molecule has 256 valence electrons. The monoisotopic (exact) mass is 736 g/mol. The minimum Gasteiger partial charge on any atom is -0.504 e. The molecule has 0 atom stereocenters. The van der Waals surface area contributed by atoms with E-state index in [-0.39, 0.29) is 11.7 Å². The number of amidine groups is 1. The van der Waals surface area contributed by atoms with Crippen LogP contribution in [0.2, 0.25) is 0 Å². The summed E-state index contributed by atoms with van der Waals surface area (Å²) in [6.07, 6.45) is 10.6. The molecule has 11 heteroatoms. The molecule has 2 aliphatic rings. The quantitative estimate of drug-likeness (QED) is 0.0516. The van der Waals surface area contributed by atoms with Crippen LogP contribution < -0.4 is 15.0 Å². The van der Waals surface area contributed by atoms with Gasteiger partial charge in [-0.1, -0.05) is 66.7 Å². The van der Waals surface area contributed by atoms with Crippen LogP contribution in [-0.2, 0) is 17.8 Å². The molecule has 0 bridgehead atoms. The maximum Gasteiger partial charge on any atom is 0.243 e. The van der Waals surface area contributed by atoms with Gasteiger partial charge in [-0.25, -0.2) is 15.5 Å². The normalized spacial score (nSPS) is 13.0. The minimum absolute atomic E-state index is 0.0994. The highest BCUT2D eigenvalue weighted by Crippen LogP contribution is 2.45. The number of aryl methyl sites for hydroxylation is 2. The van der Waals surface area contributed by atoms with Crippen LogP contribution in [0.3, 0.4) is 0 Å². The molecule has 0 saturated carbocycles. The maximum atomic E-state index is 11.3. The number of nitrogens with one attached hydrogen (secondary N) is 1. The van der Waals surface area contributed by atoms with Crippen LogP contribution in [0.15, 0.2) is 61.8 Å². The van der Waals surface area contributed by atoms with Gasteiger partial charge in [0.25, 0.3) is 0 Å². The Bertz CT molecular complexity index is 1650. The number of aliphatic imine (C=N–C) groups is 2. The third kappa shape index (κ3) is 9.33. The van der Waals surface area contributed by atoms with Crippen molar-refractivity contribution in [3.8, 4) is 17.2 Å². The van der Waals surface area contributed by atoms with Crippen molar-refractivity contribution in [2.45, 2.75) is 89.5 Å². The Balaban J connectivity index is 1.35. The molecule has 1 amide bonds. The van der Waals surface area contributed by atoms with Crippen LogP contribution in [0.4, 0.5) is 11.4 Å². The van der Waals surface area contributed by atoms with Gasteiger partial charge in [0.1, 0.15) is 17.3 Å². The van der Waals surface area contributed by atoms with E-state index in [1.807, 2.05) is 23.4 Å². The summed E-state index contributed by atoms with van der Waals surface area (Å²) in [7, 11) is 0. The second-order valence-corrected chi connectivity index (χ2v) is 14.2. The number of benzene rings is 3. The topological polar surface area (TPSA) is 116 Å². The molecule has 3 N–H and O–H groups in total. The highest BCUT2D eigenvalue weighted by Gasteiger charge is 2.29. The van der Waals surface area contributed by atoms with Crippen LogP contribution in [-0.4, -0.2) is 52.3 Å². The van der Waals surface area contributed by atoms with Gasteiger partial charge in [-0.05, 0) is 74.1 Å². The van der Waals surface area contributed by atoms with Gasteiger partial charge in [0.2, 0.25) is 5.91 Å². The summed E-state index contributed by atoms with van der Waals surface area (Å²) in [5.74, 6) is 2.67. The Hall–Kier alpha value is -3.54. The van der Waals surface area contributed by atoms with E-state index in [9.17, 15) is 9.90 Å². The first-order valence-corrected chi connectivity index (χ1v) is 18.6. The van der Waals surface area contributed by atoms with Crippen molar-refractivity contribution in [1.29, 1.82) is 0 Å². The van der Waals surface area contributed by atoms with E-state index < -0.39 is 0 Å². The molecule has 48 heavy (non-hydrogen) atoms. The second-order valence-electron chi connectivity index (χ2n) is 12.2. The van der Waals surface area contributed by atoms with Gasteiger partial charge in [-0.3, -0.25) is 10.0 Å². The molecule has 0 aromatic heterocycles. The number of carbonyl (C=O) groups excluding carboxylic acids is 1. The van der Waals surface area contributed by atoms with Gasteiger partial charge in [0, 0.05) is 28.1 Å². The first kappa shape index (κ1) is 35.8. The van der Waals surface area contributed by atoms with Crippen LogP contribution in [0.25, 0.3) is 0 Å². The first-order chi connectivity index (χ1) is 23.4. The van der Waals surface area contributed by atoms with Crippen molar-refractivity contribution in [1.82, 2.24) is 10.4 Å². The average Bonchev–Trinajstić information content (AvgIpc) is 3.08. The zero-order valence-corrected chi connectivity index (χ0v) is 30.2. The lowest BCUT2D eigenvalue weighted by atomic mass is 10.0. The van der Waals surface area contributed by atoms with Gasteiger partial charge < -0.3 is 19.5 Å². The fourth-order valence-electron chi connectivity index (χ4n) is 5.73. The smallest absolute Gasteiger partial charge is 0.243 e. The van der Waals surface area contributed by atoms with E-state index in [0.29, 0.717) is 37.6 Å². The molecule has 0 radical (unpaired) electrons. The summed E-state index contributed by atoms with van der Waals surface area (Å²) >= 11 is 5.45. The van der Waals surface area contributed by atoms with Crippen molar-refractivity contribution in [2.24, 2.45) is 9.98 Å². The Kier molecular flexibility index (Phi) is 13.2. The zero-order chi connectivity index (χ0) is 33.9. The number of phenolic OH excluding ortho intramolecular Hbond substituents is 1. The number of rotatable bonds is 18. The van der Waals surface area contributed by atoms with Crippen LogP contribution in [0, 0.1) is 6.92 Å². The standard InChI is InChI=1S/C37H45BrN4O5S/c1-3-4-8-17-47-36-31(43)16-15-27-23-42-24-39-30-22-32(46-18-10-11-26-14-13-25(2)20-29(26)38)33(21-28(30)37(42)40-35(27)36)48-19-9-6-5-7-12-34(44)41-45/h13-16,20-22,24,43,45H,3-12,17-19,23H2,1-2H3,(H,41,44). The van der Waals surface area contributed by atoms with E-state index >= 15 is 0 Å². The van der Waals surface area contributed by atoms with Crippen molar-refractivity contribution >= 4 is 57.1 Å². The summed E-state index contributed by atoms with van der Waals surface area (Å²) in [6.45, 7) is 5.92. The zero-order valence-electron chi connectivity index (χ0n) is 27.8. The lowest BCUT2D eigenvalue weighted by molar-refractivity contribution is -0.129. The van der Waals surface area contributed by atoms with Crippen molar-refractivity contribution in [3.63, 3.8) is 0 Å². The van der Waals surface area contributed by atoms with Gasteiger partial charge >= 0.3 is 0 Å². The number of carbonyl (C=O) groups is 1. The summed E-state index contributed by atoms with van der Waals surface area (Å²) in [6, 6.07) is 14.2. The first-order valence-electron chi connectivity index (χ1n) is 16.9. The molecule has 9 nitrogen and oxygen atoms in total. The summed E-state index contributed by atoms with van der Waals surface area (Å²) < 4.78 is 13.6. The second kappa shape index (κ2) is 17.7. The Morgan fingerprint density at radius 2 is 1.85 bits per heavy atom. The van der Waals surface area contributed by atoms with Gasteiger partial charge in [0.15, 0.2) is 11.5 Å². The summed E-state index contributed by atoms with van der Waals surface area (Å²) in [4.78, 5) is 24.3. The highest BCUT2D eigenvalue weighted by molar-refractivity contribution is 9.10. The van der Waals surface area contributed by atoms with E-state index in [4.69, 9.17) is 24.7 Å². The number of nitrogens with zero attached hydrogens (tertiary/aromatic N) is 3.